The van der Waals surface area contributed by atoms with Gasteiger partial charge in [-0.2, -0.15) is 0 Å². The predicted molar refractivity (Wildman–Crippen MR) is 115 cm³/mol. The largest absolute Gasteiger partial charge is 0.311 e. The number of allylic oxidation sites excluding steroid dienone is 5. The van der Waals surface area contributed by atoms with Gasteiger partial charge in [0, 0.05) is 17.1 Å². The van der Waals surface area contributed by atoms with Crippen molar-refractivity contribution in [1.82, 2.24) is 0 Å². The highest BCUT2D eigenvalue weighted by atomic mass is 15.1. The van der Waals surface area contributed by atoms with Gasteiger partial charge in [0.2, 0.25) is 0 Å². The van der Waals surface area contributed by atoms with Crippen molar-refractivity contribution in [2.75, 3.05) is 4.90 Å². The maximum Gasteiger partial charge on any atom is 0.0461 e. The summed E-state index contributed by atoms with van der Waals surface area (Å²) in [6.07, 6.45) is 9.70. The Kier molecular flexibility index (Phi) is 13.1. The lowest BCUT2D eigenvalue weighted by molar-refractivity contribution is 1.21. The molecule has 1 heteroatoms. The number of hydrogen-bond acceptors (Lipinski definition) is 1. The lowest BCUT2D eigenvalue weighted by Crippen LogP contribution is -2.14. The van der Waals surface area contributed by atoms with Crippen molar-refractivity contribution in [3.8, 4) is 0 Å². The van der Waals surface area contributed by atoms with Crippen LogP contribution in [0.3, 0.4) is 0 Å². The molecule has 1 nitrogen and oxygen atoms in total. The van der Waals surface area contributed by atoms with Crippen LogP contribution < -0.4 is 4.90 Å². The molecule has 0 aromatic heterocycles. The molecular formula is C24H31N. The number of anilines is 2. The average molecular weight is 334 g/mol. The summed E-state index contributed by atoms with van der Waals surface area (Å²) in [5, 5.41) is 0. The van der Waals surface area contributed by atoms with Gasteiger partial charge in [0.25, 0.3) is 0 Å². The van der Waals surface area contributed by atoms with E-state index in [1.807, 2.05) is 82.3 Å². The Morgan fingerprint density at radius 1 is 0.800 bits per heavy atom. The van der Waals surface area contributed by atoms with Gasteiger partial charge < -0.3 is 4.90 Å². The van der Waals surface area contributed by atoms with E-state index in [1.54, 1.807) is 6.08 Å². The van der Waals surface area contributed by atoms with Gasteiger partial charge in [-0.25, -0.2) is 0 Å². The summed E-state index contributed by atoms with van der Waals surface area (Å²) in [5.74, 6) is 0. The molecule has 2 aromatic rings. The fraction of sp³-hybridized carbons (Fsp3) is 0.167. The topological polar surface area (TPSA) is 3.24 Å². The zero-order chi connectivity index (χ0) is 18.9. The van der Waals surface area contributed by atoms with Crippen LogP contribution in [-0.2, 0) is 0 Å². The molecular weight excluding hydrogens is 302 g/mol. The molecule has 25 heavy (non-hydrogen) atoms. The summed E-state index contributed by atoms with van der Waals surface area (Å²) < 4.78 is 0. The summed E-state index contributed by atoms with van der Waals surface area (Å²) in [5.41, 5.74) is 3.34. The van der Waals surface area contributed by atoms with Gasteiger partial charge in [-0.1, -0.05) is 75.1 Å². The Morgan fingerprint density at radius 3 is 1.52 bits per heavy atom. The lowest BCUT2D eigenvalue weighted by Gasteiger charge is -2.26. The zero-order valence-electron chi connectivity index (χ0n) is 16.0. The summed E-state index contributed by atoms with van der Waals surface area (Å²) in [6.45, 7) is 15.1. The molecule has 2 aromatic carbocycles. The van der Waals surface area contributed by atoms with Gasteiger partial charge in [-0.3, -0.25) is 0 Å². The van der Waals surface area contributed by atoms with E-state index in [1.165, 1.54) is 0 Å². The van der Waals surface area contributed by atoms with E-state index in [9.17, 15) is 0 Å². The molecule has 0 atom stereocenters. The highest BCUT2D eigenvalue weighted by molar-refractivity contribution is 5.70. The summed E-state index contributed by atoms with van der Waals surface area (Å²) in [4.78, 5) is 2.21. The third-order valence-corrected chi connectivity index (χ3v) is 2.91. The molecule has 0 saturated carbocycles. The van der Waals surface area contributed by atoms with Crippen molar-refractivity contribution in [2.45, 2.75) is 27.7 Å². The van der Waals surface area contributed by atoms with Gasteiger partial charge in [-0.05, 0) is 50.3 Å². The molecule has 0 aliphatic heterocycles. The second kappa shape index (κ2) is 14.8. The van der Waals surface area contributed by atoms with E-state index in [0.29, 0.717) is 0 Å². The fourth-order valence-corrected chi connectivity index (χ4v) is 2.10. The summed E-state index contributed by atoms with van der Waals surface area (Å²) >= 11 is 0. The minimum Gasteiger partial charge on any atom is -0.311 e. The number of nitrogens with zero attached hydrogens (tertiary/aromatic N) is 1. The van der Waals surface area contributed by atoms with Crippen molar-refractivity contribution < 1.29 is 0 Å². The number of hydrogen-bond donors (Lipinski definition) is 0. The standard InChI is InChI=1S/C19H19N.C3H6.C2H6/c1-3-11-17(12-4-2)20(18-13-7-5-8-14-18)19-15-9-6-10-16-19;1-3-2;1-2/h3-16H,1H2,2H3;3H,1H2,2H3;1-2H3/b12-4-,17-11+;;. The van der Waals surface area contributed by atoms with Crippen LogP contribution in [0.25, 0.3) is 0 Å². The first kappa shape index (κ1) is 22.2. The van der Waals surface area contributed by atoms with E-state index < -0.39 is 0 Å². The van der Waals surface area contributed by atoms with Crippen molar-refractivity contribution >= 4 is 11.4 Å². The monoisotopic (exact) mass is 333 g/mol. The molecule has 0 amide bonds. The van der Waals surface area contributed by atoms with Gasteiger partial charge in [0.15, 0.2) is 0 Å². The van der Waals surface area contributed by atoms with Crippen LogP contribution in [0.2, 0.25) is 0 Å². The first-order valence-electron chi connectivity index (χ1n) is 8.71. The molecule has 0 heterocycles. The van der Waals surface area contributed by atoms with Crippen LogP contribution in [0, 0.1) is 0 Å². The van der Waals surface area contributed by atoms with Crippen molar-refractivity contribution in [2.24, 2.45) is 0 Å². The van der Waals surface area contributed by atoms with Crippen LogP contribution in [0.4, 0.5) is 11.4 Å². The third-order valence-electron chi connectivity index (χ3n) is 2.91. The Balaban J connectivity index is 0.00000104. The molecule has 0 aliphatic carbocycles. The average Bonchev–Trinajstić information content (AvgIpc) is 2.66. The van der Waals surface area contributed by atoms with E-state index in [0.717, 1.165) is 17.1 Å². The first-order valence-corrected chi connectivity index (χ1v) is 8.71. The van der Waals surface area contributed by atoms with Crippen LogP contribution in [0.5, 0.6) is 0 Å². The van der Waals surface area contributed by atoms with Crippen molar-refractivity contribution in [3.05, 3.63) is 110 Å². The van der Waals surface area contributed by atoms with E-state index in [-0.39, 0.29) is 0 Å². The number of rotatable bonds is 5. The summed E-state index contributed by atoms with van der Waals surface area (Å²) in [7, 11) is 0. The molecule has 0 aliphatic rings. The predicted octanol–water partition coefficient (Wildman–Crippen LogP) is 7.69. The zero-order valence-corrected chi connectivity index (χ0v) is 16.0. The highest BCUT2D eigenvalue weighted by Crippen LogP contribution is 2.29. The molecule has 2 rings (SSSR count). The molecule has 0 saturated heterocycles. The van der Waals surface area contributed by atoms with Crippen LogP contribution in [0.15, 0.2) is 110 Å². The van der Waals surface area contributed by atoms with Crippen molar-refractivity contribution in [1.29, 1.82) is 0 Å². The number of benzene rings is 2. The minimum atomic E-state index is 1.08. The van der Waals surface area contributed by atoms with Crippen LogP contribution >= 0.6 is 0 Å². The Morgan fingerprint density at radius 2 is 1.20 bits per heavy atom. The van der Waals surface area contributed by atoms with Gasteiger partial charge >= 0.3 is 0 Å². The normalized spacial score (nSPS) is 10.0. The molecule has 0 N–H and O–H groups in total. The highest BCUT2D eigenvalue weighted by Gasteiger charge is 2.11. The maximum absolute atomic E-state index is 3.82. The maximum atomic E-state index is 3.82. The van der Waals surface area contributed by atoms with Gasteiger partial charge in [-0.15, -0.1) is 6.58 Å². The first-order chi connectivity index (χ1) is 12.3. The van der Waals surface area contributed by atoms with Crippen LogP contribution in [-0.4, -0.2) is 0 Å². The number of para-hydroxylation sites is 2. The molecule has 0 bridgehead atoms. The molecule has 0 spiro atoms. The van der Waals surface area contributed by atoms with Gasteiger partial charge in [0.1, 0.15) is 0 Å². The summed E-state index contributed by atoms with van der Waals surface area (Å²) in [6, 6.07) is 20.7. The van der Waals surface area contributed by atoms with E-state index in [2.05, 4.69) is 48.4 Å². The minimum absolute atomic E-state index is 1.08. The quantitative estimate of drug-likeness (QED) is 0.400. The van der Waals surface area contributed by atoms with Gasteiger partial charge in [0.05, 0.1) is 0 Å². The molecule has 0 radical (unpaired) electrons. The Hall–Kier alpha value is -2.80. The molecule has 0 fully saturated rings. The Bertz CT molecular complexity index is 597. The molecule has 0 unspecified atom stereocenters. The fourth-order valence-electron chi connectivity index (χ4n) is 2.10. The van der Waals surface area contributed by atoms with E-state index in [4.69, 9.17) is 0 Å². The second-order valence-electron chi connectivity index (χ2n) is 4.74. The smallest absolute Gasteiger partial charge is 0.0461 e. The van der Waals surface area contributed by atoms with E-state index >= 15 is 0 Å². The molecule has 132 valence electrons. The lowest BCUT2D eigenvalue weighted by atomic mass is 10.2. The third kappa shape index (κ3) is 8.03. The Labute approximate surface area is 154 Å². The van der Waals surface area contributed by atoms with Crippen LogP contribution in [0.1, 0.15) is 27.7 Å². The SMILES string of the molecule is C=C/C=C(\C=C/C)N(c1ccccc1)c1ccccc1.C=CC.CC. The second-order valence-corrected chi connectivity index (χ2v) is 4.74. The van der Waals surface area contributed by atoms with Crippen molar-refractivity contribution in [3.63, 3.8) is 0 Å².